The highest BCUT2D eigenvalue weighted by molar-refractivity contribution is 7.47. The highest BCUT2D eigenvalue weighted by Gasteiger charge is 2.25. The molecule has 354 valence electrons. The molecular weight excluding hydrogens is 770 g/mol. The first kappa shape index (κ1) is 58.7. The van der Waals surface area contributed by atoms with Crippen LogP contribution in [0.2, 0.25) is 0 Å². The number of rotatable bonds is 49. The lowest BCUT2D eigenvalue weighted by Gasteiger charge is -2.20. The normalized spacial score (nSPS) is 13.6. The molecule has 9 heteroatoms. The lowest BCUT2D eigenvalue weighted by atomic mass is 10.0. The first-order valence-corrected chi connectivity index (χ1v) is 27.0. The van der Waals surface area contributed by atoms with Gasteiger partial charge in [0.1, 0.15) is 6.10 Å². The van der Waals surface area contributed by atoms with Gasteiger partial charge in [0.25, 0.3) is 0 Å². The van der Waals surface area contributed by atoms with Gasteiger partial charge in [0, 0.05) is 19.6 Å². The second-order valence-corrected chi connectivity index (χ2v) is 18.5. The molecule has 0 fully saturated rings. The zero-order valence-electron chi connectivity index (χ0n) is 39.5. The van der Waals surface area contributed by atoms with Crippen LogP contribution in [-0.4, -0.2) is 49.9 Å². The Kier molecular flexibility index (Phi) is 47.7. The van der Waals surface area contributed by atoms with Gasteiger partial charge in [-0.05, 0) is 44.9 Å². The first-order chi connectivity index (χ1) is 29.4. The van der Waals surface area contributed by atoms with Crippen molar-refractivity contribution in [1.82, 2.24) is 0 Å². The number of phosphoric acid groups is 1. The molecule has 0 saturated heterocycles. The fraction of sp³-hybridized carbons (Fsp3) is 0.863. The Labute approximate surface area is 371 Å². The van der Waals surface area contributed by atoms with Gasteiger partial charge in [-0.25, -0.2) is 4.57 Å². The van der Waals surface area contributed by atoms with Gasteiger partial charge in [-0.3, -0.25) is 13.8 Å². The van der Waals surface area contributed by atoms with Crippen molar-refractivity contribution in [2.75, 3.05) is 33.0 Å². The molecule has 0 aliphatic carbocycles. The quantitative estimate of drug-likeness (QED) is 0.0269. The molecule has 0 aromatic heterocycles. The molecule has 0 aliphatic rings. The number of ether oxygens (including phenoxy) is 2. The predicted molar refractivity (Wildman–Crippen MR) is 256 cm³/mol. The molecule has 60 heavy (non-hydrogen) atoms. The zero-order valence-corrected chi connectivity index (χ0v) is 40.3. The average molecular weight is 868 g/mol. The molecule has 0 radical (unpaired) electrons. The number of hydrogen-bond donors (Lipinski definition) is 2. The van der Waals surface area contributed by atoms with E-state index in [4.69, 9.17) is 24.3 Å². The van der Waals surface area contributed by atoms with Gasteiger partial charge in [-0.1, -0.05) is 230 Å². The van der Waals surface area contributed by atoms with Crippen molar-refractivity contribution in [3.05, 3.63) is 36.5 Å². The largest absolute Gasteiger partial charge is 0.472 e. The van der Waals surface area contributed by atoms with Crippen LogP contribution in [0, 0.1) is 0 Å². The van der Waals surface area contributed by atoms with Gasteiger partial charge in [-0.2, -0.15) is 0 Å². The topological polar surface area (TPSA) is 117 Å². The van der Waals surface area contributed by atoms with Crippen molar-refractivity contribution < 1.29 is 32.8 Å². The number of carbonyl (C=O) groups excluding carboxylic acids is 1. The van der Waals surface area contributed by atoms with E-state index >= 15 is 0 Å². The van der Waals surface area contributed by atoms with E-state index in [0.29, 0.717) is 13.0 Å². The molecule has 0 bridgehead atoms. The molecule has 0 aliphatic heterocycles. The average Bonchev–Trinajstić information content (AvgIpc) is 3.24. The minimum atomic E-state index is -4.28. The Balaban J connectivity index is 3.91. The second-order valence-electron chi connectivity index (χ2n) is 17.0. The van der Waals surface area contributed by atoms with Crippen molar-refractivity contribution in [2.24, 2.45) is 5.73 Å². The number of esters is 1. The summed E-state index contributed by atoms with van der Waals surface area (Å²) in [6.07, 6.45) is 57.5. The highest BCUT2D eigenvalue weighted by atomic mass is 31.2. The van der Waals surface area contributed by atoms with Gasteiger partial charge in [0.05, 0.1) is 19.8 Å². The molecule has 0 heterocycles. The van der Waals surface area contributed by atoms with E-state index in [1.54, 1.807) is 0 Å². The third-order valence-corrected chi connectivity index (χ3v) is 12.1. The third-order valence-electron chi connectivity index (χ3n) is 11.1. The van der Waals surface area contributed by atoms with E-state index < -0.39 is 13.9 Å². The maximum atomic E-state index is 12.7. The lowest BCUT2D eigenvalue weighted by molar-refractivity contribution is -0.154. The van der Waals surface area contributed by atoms with Crippen LogP contribution < -0.4 is 5.73 Å². The van der Waals surface area contributed by atoms with Crippen molar-refractivity contribution in [3.63, 3.8) is 0 Å². The molecule has 8 nitrogen and oxygen atoms in total. The van der Waals surface area contributed by atoms with Gasteiger partial charge in [-0.15, -0.1) is 0 Å². The van der Waals surface area contributed by atoms with E-state index in [9.17, 15) is 14.3 Å². The van der Waals surface area contributed by atoms with Crippen LogP contribution in [0.5, 0.6) is 0 Å². The summed E-state index contributed by atoms with van der Waals surface area (Å²) in [5.74, 6) is -0.328. The third kappa shape index (κ3) is 47.8. The summed E-state index contributed by atoms with van der Waals surface area (Å²) in [4.78, 5) is 22.6. The summed E-state index contributed by atoms with van der Waals surface area (Å²) < 4.78 is 33.6. The Hall–Kier alpha value is -1.28. The Morgan fingerprint density at radius 3 is 1.40 bits per heavy atom. The fourth-order valence-corrected chi connectivity index (χ4v) is 8.13. The predicted octanol–water partition coefficient (Wildman–Crippen LogP) is 15.8. The molecule has 0 saturated carbocycles. The molecule has 0 spiro atoms. The number of carbonyl (C=O) groups is 1. The maximum absolute atomic E-state index is 12.7. The molecule has 2 atom stereocenters. The molecule has 0 aromatic carbocycles. The number of hydrogen-bond acceptors (Lipinski definition) is 7. The number of phosphoric ester groups is 1. The smallest absolute Gasteiger partial charge is 0.457 e. The van der Waals surface area contributed by atoms with Crippen LogP contribution in [0.1, 0.15) is 245 Å². The van der Waals surface area contributed by atoms with E-state index in [1.165, 1.54) is 173 Å². The molecule has 0 rings (SSSR count). The Morgan fingerprint density at radius 1 is 0.517 bits per heavy atom. The summed E-state index contributed by atoms with van der Waals surface area (Å²) >= 11 is 0. The SMILES string of the molecule is CC/C=C\C/C=C\C/C=C\CCCCCCCCCCOCC(COP(=O)(O)OCCN)OC(=O)CCCCCCCCCCCCCCCCCCCCCCCCC. The summed E-state index contributed by atoms with van der Waals surface area (Å²) in [5, 5.41) is 0. The van der Waals surface area contributed by atoms with Crippen LogP contribution in [0.3, 0.4) is 0 Å². The monoisotopic (exact) mass is 868 g/mol. The second kappa shape index (κ2) is 48.7. The van der Waals surface area contributed by atoms with Gasteiger partial charge in [0.2, 0.25) is 0 Å². The number of allylic oxidation sites excluding steroid dienone is 6. The lowest BCUT2D eigenvalue weighted by Crippen LogP contribution is -2.28. The molecule has 0 aromatic rings. The fourth-order valence-electron chi connectivity index (χ4n) is 7.37. The standard InChI is InChI=1S/C51H98NO7P/c1-3-5-7-9-11-13-15-17-19-21-23-24-25-26-27-28-30-32-34-36-38-40-42-44-51(53)59-50(49-58-60(54,55)57-47-45-52)48-56-46-43-41-39-37-35-33-31-29-22-20-18-16-14-12-10-8-6-4-2/h6,8,12,14,18,20,50H,3-5,7,9-11,13,15-17,19,21-49,52H2,1-2H3,(H,54,55)/b8-6-,14-12-,20-18-. The maximum Gasteiger partial charge on any atom is 0.472 e. The Morgan fingerprint density at radius 2 is 0.933 bits per heavy atom. The summed E-state index contributed by atoms with van der Waals surface area (Å²) in [5.41, 5.74) is 5.39. The van der Waals surface area contributed by atoms with E-state index in [1.807, 2.05) is 0 Å². The van der Waals surface area contributed by atoms with Crippen LogP contribution in [0.25, 0.3) is 0 Å². The molecule has 0 amide bonds. The summed E-state index contributed by atoms with van der Waals surface area (Å²) in [7, 11) is -4.28. The highest BCUT2D eigenvalue weighted by Crippen LogP contribution is 2.43. The van der Waals surface area contributed by atoms with Gasteiger partial charge in [0.15, 0.2) is 0 Å². The summed E-state index contributed by atoms with van der Waals surface area (Å²) in [6.45, 7) is 4.84. The first-order valence-electron chi connectivity index (χ1n) is 25.5. The molecule has 2 unspecified atom stereocenters. The van der Waals surface area contributed by atoms with Gasteiger partial charge >= 0.3 is 13.8 Å². The van der Waals surface area contributed by atoms with Crippen molar-refractivity contribution in [1.29, 1.82) is 0 Å². The van der Waals surface area contributed by atoms with Crippen molar-refractivity contribution in [2.45, 2.75) is 251 Å². The Bertz CT molecular complexity index is 1020. The van der Waals surface area contributed by atoms with Crippen molar-refractivity contribution >= 4 is 13.8 Å². The van der Waals surface area contributed by atoms with Crippen LogP contribution in [-0.2, 0) is 27.9 Å². The molecular formula is C51H98NO7P. The summed E-state index contributed by atoms with van der Waals surface area (Å²) in [6, 6.07) is 0. The molecule has 3 N–H and O–H groups in total. The zero-order chi connectivity index (χ0) is 43.7. The van der Waals surface area contributed by atoms with Gasteiger partial charge < -0.3 is 20.1 Å². The van der Waals surface area contributed by atoms with E-state index in [0.717, 1.165) is 51.4 Å². The minimum Gasteiger partial charge on any atom is -0.457 e. The number of nitrogens with two attached hydrogens (primary N) is 1. The van der Waals surface area contributed by atoms with Crippen LogP contribution in [0.4, 0.5) is 0 Å². The minimum absolute atomic E-state index is 0.0958. The number of unbranched alkanes of at least 4 members (excludes halogenated alkanes) is 30. The van der Waals surface area contributed by atoms with E-state index in [-0.39, 0.29) is 32.3 Å². The van der Waals surface area contributed by atoms with Crippen LogP contribution in [0.15, 0.2) is 36.5 Å². The van der Waals surface area contributed by atoms with Crippen molar-refractivity contribution in [3.8, 4) is 0 Å². The van der Waals surface area contributed by atoms with E-state index in [2.05, 4.69) is 50.3 Å². The van der Waals surface area contributed by atoms with Crippen LogP contribution >= 0.6 is 7.82 Å².